The molecule has 6 heteroatoms. The van der Waals surface area contributed by atoms with Crippen molar-refractivity contribution in [1.29, 1.82) is 0 Å². The molecule has 1 aromatic rings. The number of non-ortho nitro benzene ring substituents is 1. The Morgan fingerprint density at radius 1 is 1.62 bits per heavy atom. The lowest BCUT2D eigenvalue weighted by Gasteiger charge is -2.12. The van der Waals surface area contributed by atoms with Crippen LogP contribution in [0.25, 0.3) is 0 Å². The van der Waals surface area contributed by atoms with Gasteiger partial charge in [0.15, 0.2) is 0 Å². The van der Waals surface area contributed by atoms with Crippen molar-refractivity contribution in [2.45, 2.75) is 12.2 Å². The normalized spacial score (nSPS) is 12.1. The summed E-state index contributed by atoms with van der Waals surface area (Å²) in [5.41, 5.74) is 6.88. The van der Waals surface area contributed by atoms with Gasteiger partial charge in [-0.3, -0.25) is 10.1 Å². The summed E-state index contributed by atoms with van der Waals surface area (Å²) in [7, 11) is 0. The van der Waals surface area contributed by atoms with E-state index in [4.69, 9.17) is 5.73 Å². The van der Waals surface area contributed by atoms with E-state index in [0.29, 0.717) is 10.9 Å². The van der Waals surface area contributed by atoms with Gasteiger partial charge in [0.1, 0.15) is 0 Å². The first-order valence-corrected chi connectivity index (χ1v) is 6.14. The summed E-state index contributed by atoms with van der Waals surface area (Å²) in [6.45, 7) is 2.88. The van der Waals surface area contributed by atoms with E-state index in [2.05, 4.69) is 12.2 Å². The summed E-state index contributed by atoms with van der Waals surface area (Å²) in [5.74, 6) is 0. The van der Waals surface area contributed by atoms with Gasteiger partial charge in [0, 0.05) is 23.9 Å². The Hall–Kier alpha value is -1.43. The Kier molecular flexibility index (Phi) is 4.42. The van der Waals surface area contributed by atoms with Gasteiger partial charge in [0.2, 0.25) is 0 Å². The number of benzene rings is 1. The second-order valence-corrected chi connectivity index (χ2v) is 4.73. The molecule has 0 saturated carbocycles. The molecule has 1 aromatic carbocycles. The average molecular weight is 241 g/mol. The number of anilines is 2. The Morgan fingerprint density at radius 2 is 2.31 bits per heavy atom. The summed E-state index contributed by atoms with van der Waals surface area (Å²) in [4.78, 5) is 10.0. The molecule has 0 aliphatic heterocycles. The molecule has 88 valence electrons. The Labute approximate surface area is 98.6 Å². The zero-order valence-electron chi connectivity index (χ0n) is 9.27. The fourth-order valence-electron chi connectivity index (χ4n) is 1.16. The summed E-state index contributed by atoms with van der Waals surface area (Å²) in [5, 5.41) is 14.1. The molecule has 1 rings (SSSR count). The van der Waals surface area contributed by atoms with E-state index in [9.17, 15) is 10.1 Å². The highest BCUT2D eigenvalue weighted by atomic mass is 32.2. The molecular formula is C10H15N3O2S. The minimum Gasteiger partial charge on any atom is -0.397 e. The van der Waals surface area contributed by atoms with Crippen LogP contribution < -0.4 is 11.1 Å². The van der Waals surface area contributed by atoms with E-state index in [0.717, 1.165) is 12.2 Å². The molecule has 0 spiro atoms. The van der Waals surface area contributed by atoms with Gasteiger partial charge in [-0.25, -0.2) is 0 Å². The molecule has 0 aliphatic carbocycles. The molecule has 1 unspecified atom stereocenters. The SMILES string of the molecule is CSC(C)CNc1ccc([N+](=O)[O-])cc1N. The van der Waals surface area contributed by atoms with Crippen LogP contribution in [-0.2, 0) is 0 Å². The standard InChI is InChI=1S/C10H15N3O2S/c1-7(16-2)6-12-10-4-3-8(13(14)15)5-9(10)11/h3-5,7,12H,6,11H2,1-2H3. The first-order valence-electron chi connectivity index (χ1n) is 4.85. The van der Waals surface area contributed by atoms with Crippen molar-refractivity contribution in [3.8, 4) is 0 Å². The van der Waals surface area contributed by atoms with Gasteiger partial charge in [-0.1, -0.05) is 6.92 Å². The maximum absolute atomic E-state index is 10.5. The predicted octanol–water partition coefficient (Wildman–Crippen LogP) is 2.34. The molecule has 0 aromatic heterocycles. The Bertz CT molecular complexity index is 384. The molecule has 16 heavy (non-hydrogen) atoms. The monoisotopic (exact) mass is 241 g/mol. The van der Waals surface area contributed by atoms with E-state index < -0.39 is 4.92 Å². The van der Waals surface area contributed by atoms with Crippen LogP contribution in [0.4, 0.5) is 17.1 Å². The van der Waals surface area contributed by atoms with Gasteiger partial charge in [0.05, 0.1) is 16.3 Å². The second kappa shape index (κ2) is 5.60. The second-order valence-electron chi connectivity index (χ2n) is 3.46. The zero-order valence-corrected chi connectivity index (χ0v) is 10.1. The number of nitro benzene ring substituents is 1. The Balaban J connectivity index is 2.72. The predicted molar refractivity (Wildman–Crippen MR) is 69.0 cm³/mol. The van der Waals surface area contributed by atoms with E-state index >= 15 is 0 Å². The number of nitrogens with two attached hydrogens (primary N) is 1. The van der Waals surface area contributed by atoms with Crippen molar-refractivity contribution in [2.24, 2.45) is 0 Å². The summed E-state index contributed by atoms with van der Waals surface area (Å²) < 4.78 is 0. The summed E-state index contributed by atoms with van der Waals surface area (Å²) >= 11 is 1.75. The van der Waals surface area contributed by atoms with Crippen LogP contribution in [0.15, 0.2) is 18.2 Å². The van der Waals surface area contributed by atoms with Gasteiger partial charge < -0.3 is 11.1 Å². The van der Waals surface area contributed by atoms with E-state index in [1.165, 1.54) is 12.1 Å². The molecule has 0 bridgehead atoms. The lowest BCUT2D eigenvalue weighted by molar-refractivity contribution is -0.384. The summed E-state index contributed by atoms with van der Waals surface area (Å²) in [6.07, 6.45) is 2.03. The van der Waals surface area contributed by atoms with E-state index in [1.54, 1.807) is 17.8 Å². The quantitative estimate of drug-likeness (QED) is 0.470. The minimum atomic E-state index is -0.454. The number of rotatable bonds is 5. The van der Waals surface area contributed by atoms with Crippen molar-refractivity contribution in [3.05, 3.63) is 28.3 Å². The van der Waals surface area contributed by atoms with Gasteiger partial charge in [-0.2, -0.15) is 11.8 Å². The highest BCUT2D eigenvalue weighted by molar-refractivity contribution is 7.99. The fraction of sp³-hybridized carbons (Fsp3) is 0.400. The van der Waals surface area contributed by atoms with Crippen LogP contribution in [0.3, 0.4) is 0 Å². The maximum Gasteiger partial charge on any atom is 0.271 e. The molecular weight excluding hydrogens is 226 g/mol. The summed E-state index contributed by atoms with van der Waals surface area (Å²) in [6, 6.07) is 4.45. The van der Waals surface area contributed by atoms with E-state index in [-0.39, 0.29) is 5.69 Å². The first kappa shape index (κ1) is 12.6. The number of hydrogen-bond donors (Lipinski definition) is 2. The molecule has 3 N–H and O–H groups in total. The minimum absolute atomic E-state index is 0.0148. The van der Waals surface area contributed by atoms with Crippen LogP contribution >= 0.6 is 11.8 Å². The molecule has 1 atom stereocenters. The third-order valence-electron chi connectivity index (χ3n) is 2.23. The van der Waals surface area contributed by atoms with Crippen LogP contribution in [0.1, 0.15) is 6.92 Å². The van der Waals surface area contributed by atoms with Crippen molar-refractivity contribution in [3.63, 3.8) is 0 Å². The molecule has 0 heterocycles. The van der Waals surface area contributed by atoms with Crippen molar-refractivity contribution >= 4 is 28.8 Å². The molecule has 0 radical (unpaired) electrons. The number of nitrogens with one attached hydrogen (secondary N) is 1. The topological polar surface area (TPSA) is 81.2 Å². The average Bonchev–Trinajstić information content (AvgIpc) is 2.26. The number of nitrogens with zero attached hydrogens (tertiary/aromatic N) is 1. The van der Waals surface area contributed by atoms with Gasteiger partial charge in [-0.05, 0) is 12.3 Å². The highest BCUT2D eigenvalue weighted by Crippen LogP contribution is 2.24. The van der Waals surface area contributed by atoms with Gasteiger partial charge in [-0.15, -0.1) is 0 Å². The van der Waals surface area contributed by atoms with Gasteiger partial charge in [0.25, 0.3) is 5.69 Å². The largest absolute Gasteiger partial charge is 0.397 e. The van der Waals surface area contributed by atoms with Crippen LogP contribution in [0.5, 0.6) is 0 Å². The fourth-order valence-corrected chi connectivity index (χ4v) is 1.41. The van der Waals surface area contributed by atoms with Crippen molar-refractivity contribution < 1.29 is 4.92 Å². The third-order valence-corrected chi connectivity index (χ3v) is 3.20. The third kappa shape index (κ3) is 3.30. The van der Waals surface area contributed by atoms with Crippen LogP contribution in [0.2, 0.25) is 0 Å². The number of hydrogen-bond acceptors (Lipinski definition) is 5. The molecule has 0 fully saturated rings. The molecule has 0 saturated heterocycles. The first-order chi connectivity index (χ1) is 7.54. The zero-order chi connectivity index (χ0) is 12.1. The lowest BCUT2D eigenvalue weighted by atomic mass is 10.2. The molecule has 0 amide bonds. The van der Waals surface area contributed by atoms with Crippen LogP contribution in [-0.4, -0.2) is 23.0 Å². The number of nitrogen functional groups attached to an aromatic ring is 1. The number of thioether (sulfide) groups is 1. The van der Waals surface area contributed by atoms with Crippen LogP contribution in [0, 0.1) is 10.1 Å². The van der Waals surface area contributed by atoms with Crippen molar-refractivity contribution in [1.82, 2.24) is 0 Å². The van der Waals surface area contributed by atoms with Gasteiger partial charge >= 0.3 is 0 Å². The maximum atomic E-state index is 10.5. The highest BCUT2D eigenvalue weighted by Gasteiger charge is 2.08. The van der Waals surface area contributed by atoms with E-state index in [1.807, 2.05) is 6.26 Å². The Morgan fingerprint density at radius 3 is 2.81 bits per heavy atom. The van der Waals surface area contributed by atoms with Crippen molar-refractivity contribution in [2.75, 3.05) is 23.9 Å². The lowest BCUT2D eigenvalue weighted by Crippen LogP contribution is -2.13. The number of nitro groups is 1. The molecule has 5 nitrogen and oxygen atoms in total. The molecule has 0 aliphatic rings. The smallest absolute Gasteiger partial charge is 0.271 e.